The summed E-state index contributed by atoms with van der Waals surface area (Å²) in [7, 11) is 3.95. The van der Waals surface area contributed by atoms with Crippen molar-refractivity contribution >= 4 is 11.9 Å². The Labute approximate surface area is 271 Å². The van der Waals surface area contributed by atoms with Gasteiger partial charge in [-0.1, -0.05) is 148 Å². The molecule has 0 aliphatic rings. The molecule has 0 heterocycles. The zero-order valence-electron chi connectivity index (χ0n) is 29.2. The molecule has 0 saturated heterocycles. The van der Waals surface area contributed by atoms with Crippen LogP contribution in [0.15, 0.2) is 24.3 Å². The molecule has 0 fully saturated rings. The fourth-order valence-corrected chi connectivity index (χ4v) is 5.50. The minimum absolute atomic E-state index is 0.245. The average Bonchev–Trinajstić information content (AvgIpc) is 3.03. The Morgan fingerprint density at radius 1 is 0.500 bits per heavy atom. The lowest BCUT2D eigenvalue weighted by Crippen LogP contribution is -2.25. The predicted octanol–water partition coefficient (Wildman–Crippen LogP) is 10.4. The van der Waals surface area contributed by atoms with Gasteiger partial charge in [0.2, 0.25) is 0 Å². The van der Waals surface area contributed by atoms with Crippen LogP contribution in [0, 0.1) is 0 Å². The molecule has 0 unspecified atom stereocenters. The molecule has 0 spiro atoms. The van der Waals surface area contributed by atoms with Gasteiger partial charge in [-0.05, 0) is 45.1 Å². The van der Waals surface area contributed by atoms with E-state index in [9.17, 15) is 9.59 Å². The fourth-order valence-electron chi connectivity index (χ4n) is 5.50. The monoisotopic (exact) mass is 617 g/mol. The highest BCUT2D eigenvalue weighted by Gasteiger charge is 2.14. The van der Waals surface area contributed by atoms with Gasteiger partial charge in [0.25, 0.3) is 0 Å². The summed E-state index contributed by atoms with van der Waals surface area (Å²) in [6.45, 7) is 6.83. The molecule has 0 saturated carbocycles. The Morgan fingerprint density at radius 2 is 0.795 bits per heavy atom. The smallest absolute Gasteiger partial charge is 0.339 e. The Balaban J connectivity index is 2.13. The van der Waals surface area contributed by atoms with Crippen molar-refractivity contribution in [3.05, 3.63) is 35.4 Å². The van der Waals surface area contributed by atoms with Crippen molar-refractivity contribution in [1.82, 2.24) is 9.80 Å². The summed E-state index contributed by atoms with van der Waals surface area (Å²) in [5.41, 5.74) is 0.744. The number of rotatable bonds is 30. The van der Waals surface area contributed by atoms with Crippen molar-refractivity contribution in [2.24, 2.45) is 0 Å². The second-order valence-electron chi connectivity index (χ2n) is 12.9. The summed E-state index contributed by atoms with van der Waals surface area (Å²) in [6.07, 6.45) is 29.0. The van der Waals surface area contributed by atoms with E-state index in [4.69, 9.17) is 9.47 Å². The summed E-state index contributed by atoms with van der Waals surface area (Å²) < 4.78 is 11.0. The molecule has 0 atom stereocenters. The molecule has 6 nitrogen and oxygen atoms in total. The molecule has 1 aromatic rings. The minimum atomic E-state index is -0.418. The van der Waals surface area contributed by atoms with Crippen LogP contribution in [0.4, 0.5) is 0 Å². The van der Waals surface area contributed by atoms with E-state index in [1.54, 1.807) is 24.3 Å². The van der Waals surface area contributed by atoms with Gasteiger partial charge >= 0.3 is 11.9 Å². The van der Waals surface area contributed by atoms with Crippen LogP contribution in [-0.2, 0) is 9.47 Å². The lowest BCUT2D eigenvalue weighted by molar-refractivity contribution is 0.0268. The third-order valence-electron chi connectivity index (χ3n) is 8.45. The SMILES string of the molecule is CCCCCCCCCCCCCN(C)COC(=O)c1cccc(C(=O)OCN(C)CCCCCCCCCCCCC)c1. The number of carbonyl (C=O) groups is 2. The van der Waals surface area contributed by atoms with Crippen molar-refractivity contribution in [3.8, 4) is 0 Å². The van der Waals surface area contributed by atoms with Gasteiger partial charge in [-0.25, -0.2) is 9.59 Å². The van der Waals surface area contributed by atoms with Gasteiger partial charge in [-0.2, -0.15) is 0 Å². The second kappa shape index (κ2) is 28.5. The predicted molar refractivity (Wildman–Crippen MR) is 185 cm³/mol. The van der Waals surface area contributed by atoms with Crippen LogP contribution in [-0.4, -0.2) is 62.4 Å². The van der Waals surface area contributed by atoms with Crippen molar-refractivity contribution in [3.63, 3.8) is 0 Å². The minimum Gasteiger partial charge on any atom is -0.446 e. The molecule has 254 valence electrons. The molecule has 0 aliphatic heterocycles. The summed E-state index contributed by atoms with van der Waals surface area (Å²) in [4.78, 5) is 29.3. The second-order valence-corrected chi connectivity index (χ2v) is 12.9. The third-order valence-corrected chi connectivity index (χ3v) is 8.45. The first-order chi connectivity index (χ1) is 21.5. The van der Waals surface area contributed by atoms with Crippen LogP contribution in [0.25, 0.3) is 0 Å². The zero-order chi connectivity index (χ0) is 32.1. The Kier molecular flexibility index (Phi) is 26.0. The molecular formula is C38H68N2O4. The lowest BCUT2D eigenvalue weighted by atomic mass is 10.1. The quantitative estimate of drug-likeness (QED) is 0.0487. The van der Waals surface area contributed by atoms with Gasteiger partial charge in [0.1, 0.15) is 13.5 Å². The number of carbonyl (C=O) groups excluding carboxylic acids is 2. The molecule has 44 heavy (non-hydrogen) atoms. The molecule has 0 amide bonds. The standard InChI is InChI=1S/C38H68N2O4/c1-5-7-9-11-13-15-17-19-21-23-25-30-39(3)33-43-37(41)35-28-27-29-36(32-35)38(42)44-34-40(4)31-26-24-22-20-18-16-14-12-10-8-6-2/h27-29,32H,5-26,30-31,33-34H2,1-4H3. The van der Waals surface area contributed by atoms with Crippen LogP contribution < -0.4 is 0 Å². The van der Waals surface area contributed by atoms with Gasteiger partial charge in [-0.3, -0.25) is 9.80 Å². The molecule has 0 aromatic heterocycles. The van der Waals surface area contributed by atoms with Crippen LogP contribution >= 0.6 is 0 Å². The molecule has 0 aliphatic carbocycles. The van der Waals surface area contributed by atoms with Gasteiger partial charge < -0.3 is 9.47 Å². The van der Waals surface area contributed by atoms with Crippen molar-refractivity contribution in [1.29, 1.82) is 0 Å². The first-order valence-electron chi connectivity index (χ1n) is 18.3. The van der Waals surface area contributed by atoms with Gasteiger partial charge in [-0.15, -0.1) is 0 Å². The van der Waals surface area contributed by atoms with E-state index in [1.165, 1.54) is 128 Å². The number of nitrogens with zero attached hydrogens (tertiary/aromatic N) is 2. The Hall–Kier alpha value is -1.92. The molecule has 0 N–H and O–H groups in total. The van der Waals surface area contributed by atoms with Gasteiger partial charge in [0.15, 0.2) is 0 Å². The van der Waals surface area contributed by atoms with E-state index in [0.29, 0.717) is 11.1 Å². The molecule has 1 aromatic carbocycles. The highest BCUT2D eigenvalue weighted by atomic mass is 16.5. The maximum atomic E-state index is 12.6. The largest absolute Gasteiger partial charge is 0.446 e. The van der Waals surface area contributed by atoms with Crippen LogP contribution in [0.3, 0.4) is 0 Å². The van der Waals surface area contributed by atoms with Crippen LogP contribution in [0.2, 0.25) is 0 Å². The van der Waals surface area contributed by atoms with Crippen molar-refractivity contribution in [2.75, 3.05) is 40.6 Å². The number of benzene rings is 1. The van der Waals surface area contributed by atoms with Crippen molar-refractivity contribution in [2.45, 2.75) is 155 Å². The van der Waals surface area contributed by atoms with Crippen LogP contribution in [0.5, 0.6) is 0 Å². The lowest BCUT2D eigenvalue weighted by Gasteiger charge is -2.17. The van der Waals surface area contributed by atoms with E-state index in [0.717, 1.165) is 25.9 Å². The Morgan fingerprint density at radius 3 is 1.11 bits per heavy atom. The number of ether oxygens (including phenoxy) is 2. The van der Waals surface area contributed by atoms with Crippen molar-refractivity contribution < 1.29 is 19.1 Å². The maximum Gasteiger partial charge on any atom is 0.339 e. The number of esters is 2. The van der Waals surface area contributed by atoms with E-state index in [2.05, 4.69) is 13.8 Å². The van der Waals surface area contributed by atoms with Gasteiger partial charge in [0.05, 0.1) is 11.1 Å². The molecule has 1 rings (SSSR count). The zero-order valence-corrected chi connectivity index (χ0v) is 29.2. The topological polar surface area (TPSA) is 59.1 Å². The van der Waals surface area contributed by atoms with E-state index >= 15 is 0 Å². The maximum absolute atomic E-state index is 12.6. The normalized spacial score (nSPS) is 11.4. The Bertz CT molecular complexity index is 768. The molecular weight excluding hydrogens is 548 g/mol. The van der Waals surface area contributed by atoms with E-state index in [-0.39, 0.29) is 13.5 Å². The summed E-state index contributed by atoms with van der Waals surface area (Å²) in [6, 6.07) is 6.64. The van der Waals surface area contributed by atoms with E-state index < -0.39 is 11.9 Å². The number of unbranched alkanes of at least 4 members (excludes halogenated alkanes) is 20. The summed E-state index contributed by atoms with van der Waals surface area (Å²) in [5, 5.41) is 0. The highest BCUT2D eigenvalue weighted by molar-refractivity contribution is 5.95. The highest BCUT2D eigenvalue weighted by Crippen LogP contribution is 2.14. The first kappa shape index (κ1) is 40.1. The fraction of sp³-hybridized carbons (Fsp3) is 0.789. The van der Waals surface area contributed by atoms with Crippen LogP contribution in [0.1, 0.15) is 176 Å². The average molecular weight is 617 g/mol. The number of hydrogen-bond acceptors (Lipinski definition) is 6. The van der Waals surface area contributed by atoms with Gasteiger partial charge in [0, 0.05) is 13.1 Å². The van der Waals surface area contributed by atoms with E-state index in [1.807, 2.05) is 23.9 Å². The third kappa shape index (κ3) is 22.6. The first-order valence-corrected chi connectivity index (χ1v) is 18.3. The number of hydrogen-bond donors (Lipinski definition) is 0. The molecule has 0 radical (unpaired) electrons. The molecule has 0 bridgehead atoms. The summed E-state index contributed by atoms with van der Waals surface area (Å²) >= 11 is 0. The summed E-state index contributed by atoms with van der Waals surface area (Å²) in [5.74, 6) is -0.835. The molecule has 6 heteroatoms.